The molecule has 21 heavy (non-hydrogen) atoms. The predicted molar refractivity (Wildman–Crippen MR) is 77.9 cm³/mol. The van der Waals surface area contributed by atoms with Crippen molar-refractivity contribution < 1.29 is 14.2 Å². The van der Waals surface area contributed by atoms with Crippen molar-refractivity contribution in [3.63, 3.8) is 0 Å². The fraction of sp³-hybridized carbons (Fsp3) is 0.333. The molecule has 0 amide bonds. The second kappa shape index (κ2) is 4.80. The average Bonchev–Trinajstić information content (AvgIpc) is 2.76. The van der Waals surface area contributed by atoms with Gasteiger partial charge in [-0.2, -0.15) is 9.97 Å². The second-order valence-electron chi connectivity index (χ2n) is 5.49. The van der Waals surface area contributed by atoms with Crippen molar-refractivity contribution >= 4 is 5.69 Å². The third-order valence-electron chi connectivity index (χ3n) is 3.27. The number of ether oxygens (including phenoxy) is 3. The van der Waals surface area contributed by atoms with Gasteiger partial charge in [-0.05, 0) is 19.9 Å². The summed E-state index contributed by atoms with van der Waals surface area (Å²) < 4.78 is 16.8. The smallest absolute Gasteiger partial charge is 0.250 e. The van der Waals surface area contributed by atoms with Crippen LogP contribution in [0.3, 0.4) is 0 Å². The van der Waals surface area contributed by atoms with Crippen LogP contribution in [0.1, 0.15) is 19.4 Å². The van der Waals surface area contributed by atoms with Crippen LogP contribution in [-0.2, 0) is 6.42 Å². The third-order valence-corrected chi connectivity index (χ3v) is 3.27. The van der Waals surface area contributed by atoms with Gasteiger partial charge in [-0.3, -0.25) is 0 Å². The van der Waals surface area contributed by atoms with Gasteiger partial charge in [0.05, 0.1) is 7.11 Å². The highest BCUT2D eigenvalue weighted by molar-refractivity contribution is 5.59. The van der Waals surface area contributed by atoms with Crippen LogP contribution in [-0.4, -0.2) is 22.7 Å². The number of nitrogens with zero attached hydrogens (tertiary/aromatic N) is 2. The molecule has 2 heterocycles. The molecule has 3 rings (SSSR count). The van der Waals surface area contributed by atoms with Crippen molar-refractivity contribution in [2.75, 3.05) is 12.8 Å². The number of hydrogen-bond donors (Lipinski definition) is 1. The number of fused-ring (bicyclic) bond motifs is 1. The molecule has 2 aromatic rings. The Balaban J connectivity index is 1.96. The molecule has 2 N–H and O–H groups in total. The van der Waals surface area contributed by atoms with Crippen molar-refractivity contribution in [3.8, 4) is 23.3 Å². The molecule has 0 spiro atoms. The first-order valence-corrected chi connectivity index (χ1v) is 6.63. The first kappa shape index (κ1) is 13.5. The van der Waals surface area contributed by atoms with Crippen molar-refractivity contribution in [1.29, 1.82) is 0 Å². The molecule has 110 valence electrons. The fourth-order valence-corrected chi connectivity index (χ4v) is 2.38. The minimum absolute atomic E-state index is 0.239. The minimum Gasteiger partial charge on any atom is -0.483 e. The van der Waals surface area contributed by atoms with Gasteiger partial charge < -0.3 is 19.9 Å². The van der Waals surface area contributed by atoms with E-state index in [-0.39, 0.29) is 23.0 Å². The SMILES string of the molecule is COc1ncnc(Oc2cccc3c2OC(C)(C)C3)c1N. The van der Waals surface area contributed by atoms with Gasteiger partial charge in [-0.1, -0.05) is 12.1 Å². The molecule has 0 radical (unpaired) electrons. The number of benzene rings is 1. The van der Waals surface area contributed by atoms with Crippen LogP contribution >= 0.6 is 0 Å². The van der Waals surface area contributed by atoms with Crippen molar-refractivity contribution in [2.24, 2.45) is 0 Å². The van der Waals surface area contributed by atoms with Gasteiger partial charge in [0.2, 0.25) is 11.8 Å². The average molecular weight is 287 g/mol. The van der Waals surface area contributed by atoms with Crippen LogP contribution in [0.5, 0.6) is 23.3 Å². The van der Waals surface area contributed by atoms with E-state index in [0.717, 1.165) is 17.7 Å². The monoisotopic (exact) mass is 287 g/mol. The maximum Gasteiger partial charge on any atom is 0.250 e. The molecule has 6 nitrogen and oxygen atoms in total. The number of aromatic nitrogens is 2. The summed E-state index contributed by atoms with van der Waals surface area (Å²) in [7, 11) is 1.49. The third kappa shape index (κ3) is 2.44. The van der Waals surface area contributed by atoms with Crippen LogP contribution in [0.2, 0.25) is 0 Å². The van der Waals surface area contributed by atoms with Crippen LogP contribution in [0.15, 0.2) is 24.5 Å². The first-order chi connectivity index (χ1) is 10.00. The van der Waals surface area contributed by atoms with Gasteiger partial charge >= 0.3 is 0 Å². The van der Waals surface area contributed by atoms with E-state index in [1.165, 1.54) is 13.4 Å². The van der Waals surface area contributed by atoms with Gasteiger partial charge in [0.1, 0.15) is 11.9 Å². The van der Waals surface area contributed by atoms with E-state index in [0.29, 0.717) is 5.75 Å². The molecule has 0 saturated carbocycles. The summed E-state index contributed by atoms with van der Waals surface area (Å²) in [6.07, 6.45) is 2.18. The molecule has 1 aliphatic heterocycles. The highest BCUT2D eigenvalue weighted by Gasteiger charge is 2.32. The largest absolute Gasteiger partial charge is 0.483 e. The Morgan fingerprint density at radius 3 is 2.76 bits per heavy atom. The summed E-state index contributed by atoms with van der Waals surface area (Å²) in [5, 5.41) is 0. The lowest BCUT2D eigenvalue weighted by Gasteiger charge is -2.18. The zero-order chi connectivity index (χ0) is 15.0. The normalized spacial score (nSPS) is 15.2. The zero-order valence-electron chi connectivity index (χ0n) is 12.2. The molecule has 0 saturated heterocycles. The standard InChI is InChI=1S/C15H17N3O3/c1-15(2)7-9-5-4-6-10(12(9)21-15)20-14-11(16)13(19-3)17-8-18-14/h4-6,8H,7,16H2,1-3H3. The zero-order valence-corrected chi connectivity index (χ0v) is 12.2. The van der Waals surface area contributed by atoms with Gasteiger partial charge in [0.15, 0.2) is 17.2 Å². The molecular formula is C15H17N3O3. The predicted octanol–water partition coefficient (Wildman–Crippen LogP) is 2.57. The molecule has 0 atom stereocenters. The maximum absolute atomic E-state index is 5.95. The number of anilines is 1. The summed E-state index contributed by atoms with van der Waals surface area (Å²) in [6, 6.07) is 5.78. The summed E-state index contributed by atoms with van der Waals surface area (Å²) >= 11 is 0. The van der Waals surface area contributed by atoms with E-state index in [9.17, 15) is 0 Å². The van der Waals surface area contributed by atoms with Crippen molar-refractivity contribution in [2.45, 2.75) is 25.9 Å². The minimum atomic E-state index is -0.239. The fourth-order valence-electron chi connectivity index (χ4n) is 2.38. The van der Waals surface area contributed by atoms with E-state index in [2.05, 4.69) is 9.97 Å². The van der Waals surface area contributed by atoms with Crippen LogP contribution in [0.4, 0.5) is 5.69 Å². The number of para-hydroxylation sites is 1. The number of rotatable bonds is 3. The lowest BCUT2D eigenvalue weighted by molar-refractivity contribution is 0.135. The van der Waals surface area contributed by atoms with E-state index in [1.54, 1.807) is 0 Å². The van der Waals surface area contributed by atoms with Crippen LogP contribution in [0.25, 0.3) is 0 Å². The van der Waals surface area contributed by atoms with Gasteiger partial charge in [0, 0.05) is 12.0 Å². The van der Waals surface area contributed by atoms with Crippen LogP contribution in [0, 0.1) is 0 Å². The Hall–Kier alpha value is -2.50. The summed E-state index contributed by atoms with van der Waals surface area (Å²) in [5.41, 5.74) is 7.05. The van der Waals surface area contributed by atoms with E-state index < -0.39 is 0 Å². The lowest BCUT2D eigenvalue weighted by atomic mass is 10.0. The molecule has 1 aliphatic rings. The lowest BCUT2D eigenvalue weighted by Crippen LogP contribution is -2.24. The molecule has 0 bridgehead atoms. The molecule has 1 aromatic carbocycles. The molecule has 6 heteroatoms. The summed E-state index contributed by atoms with van der Waals surface area (Å²) in [6.45, 7) is 4.08. The summed E-state index contributed by atoms with van der Waals surface area (Å²) in [4.78, 5) is 7.98. The molecular weight excluding hydrogens is 270 g/mol. The van der Waals surface area contributed by atoms with Gasteiger partial charge in [0.25, 0.3) is 0 Å². The Bertz CT molecular complexity index is 686. The Labute approximate surface area is 122 Å². The molecule has 0 unspecified atom stereocenters. The van der Waals surface area contributed by atoms with Gasteiger partial charge in [-0.15, -0.1) is 0 Å². The Kier molecular flexibility index (Phi) is 3.08. The molecule has 1 aromatic heterocycles. The number of methoxy groups -OCH3 is 1. The number of hydrogen-bond acceptors (Lipinski definition) is 6. The van der Waals surface area contributed by atoms with Crippen molar-refractivity contribution in [1.82, 2.24) is 9.97 Å². The van der Waals surface area contributed by atoms with E-state index in [1.807, 2.05) is 32.0 Å². The van der Waals surface area contributed by atoms with E-state index >= 15 is 0 Å². The highest BCUT2D eigenvalue weighted by atomic mass is 16.5. The second-order valence-corrected chi connectivity index (χ2v) is 5.49. The Morgan fingerprint density at radius 2 is 2.00 bits per heavy atom. The van der Waals surface area contributed by atoms with Crippen molar-refractivity contribution in [3.05, 3.63) is 30.1 Å². The summed E-state index contributed by atoms with van der Waals surface area (Å²) in [5.74, 6) is 1.86. The first-order valence-electron chi connectivity index (χ1n) is 6.63. The molecule has 0 aliphatic carbocycles. The number of nitrogen functional groups attached to an aromatic ring is 1. The number of nitrogens with two attached hydrogens (primary N) is 1. The topological polar surface area (TPSA) is 79.5 Å². The Morgan fingerprint density at radius 1 is 1.24 bits per heavy atom. The van der Waals surface area contributed by atoms with E-state index in [4.69, 9.17) is 19.9 Å². The van der Waals surface area contributed by atoms with Gasteiger partial charge in [-0.25, -0.2) is 0 Å². The molecule has 0 fully saturated rings. The van der Waals surface area contributed by atoms with Crippen LogP contribution < -0.4 is 19.9 Å². The maximum atomic E-state index is 5.95. The highest BCUT2D eigenvalue weighted by Crippen LogP contribution is 2.44. The quantitative estimate of drug-likeness (QED) is 0.934.